The van der Waals surface area contributed by atoms with E-state index >= 15 is 0 Å². The molecule has 1 fully saturated rings. The summed E-state index contributed by atoms with van der Waals surface area (Å²) in [4.78, 5) is 0. The van der Waals surface area contributed by atoms with Crippen LogP contribution in [0.2, 0.25) is 10.0 Å². The Morgan fingerprint density at radius 1 is 1.50 bits per heavy atom. The van der Waals surface area contributed by atoms with Gasteiger partial charge in [-0.1, -0.05) is 30.1 Å². The molecule has 0 aliphatic carbocycles. The van der Waals surface area contributed by atoms with Gasteiger partial charge in [0.05, 0.1) is 18.8 Å². The van der Waals surface area contributed by atoms with Crippen LogP contribution in [0.15, 0.2) is 18.2 Å². The molecular weight excluding hydrogens is 289 g/mol. The molecule has 2 nitrogen and oxygen atoms in total. The Labute approximate surface area is 122 Å². The summed E-state index contributed by atoms with van der Waals surface area (Å²) in [6, 6.07) is 5.70. The number of thioether (sulfide) groups is 1. The highest BCUT2D eigenvalue weighted by Crippen LogP contribution is 2.32. The maximum atomic E-state index is 6.28. The molecule has 18 heavy (non-hydrogen) atoms. The highest BCUT2D eigenvalue weighted by atomic mass is 35.5. The lowest BCUT2D eigenvalue weighted by atomic mass is 10.0. The minimum Gasteiger partial charge on any atom is -0.375 e. The van der Waals surface area contributed by atoms with E-state index in [1.54, 1.807) is 0 Å². The predicted octanol–water partition coefficient (Wildman–Crippen LogP) is 3.78. The third kappa shape index (κ3) is 3.55. The monoisotopic (exact) mass is 305 g/mol. The van der Waals surface area contributed by atoms with E-state index in [-0.39, 0.29) is 12.1 Å². The number of halogens is 2. The van der Waals surface area contributed by atoms with Gasteiger partial charge in [0.1, 0.15) is 0 Å². The molecule has 0 spiro atoms. The summed E-state index contributed by atoms with van der Waals surface area (Å²) >= 11 is 14.3. The van der Waals surface area contributed by atoms with Crippen LogP contribution in [0, 0.1) is 0 Å². The van der Waals surface area contributed by atoms with Crippen LogP contribution >= 0.6 is 35.0 Å². The van der Waals surface area contributed by atoms with Gasteiger partial charge in [0.25, 0.3) is 0 Å². The normalized spacial score (nSPS) is 21.8. The van der Waals surface area contributed by atoms with E-state index in [0.29, 0.717) is 5.02 Å². The lowest BCUT2D eigenvalue weighted by Crippen LogP contribution is -2.38. The van der Waals surface area contributed by atoms with Gasteiger partial charge in [-0.25, -0.2) is 0 Å². The number of likely N-dealkylation sites (N-methyl/N-ethyl adjacent to an activating group) is 1. The number of ether oxygens (including phenoxy) is 1. The molecule has 0 bridgehead atoms. The smallest absolute Gasteiger partial charge is 0.0860 e. The SMILES string of the molecule is CCNC(c1cc(Cl)ccc1Cl)C1CSCCO1. The van der Waals surface area contributed by atoms with Crippen molar-refractivity contribution in [3.63, 3.8) is 0 Å². The average molecular weight is 306 g/mol. The van der Waals surface area contributed by atoms with Crippen molar-refractivity contribution < 1.29 is 4.74 Å². The van der Waals surface area contributed by atoms with Crippen molar-refractivity contribution in [1.82, 2.24) is 5.32 Å². The third-order valence-corrected chi connectivity index (χ3v) is 4.53. The zero-order chi connectivity index (χ0) is 13.0. The van der Waals surface area contributed by atoms with Crippen molar-refractivity contribution >= 4 is 35.0 Å². The van der Waals surface area contributed by atoms with E-state index in [4.69, 9.17) is 27.9 Å². The molecule has 1 aliphatic rings. The van der Waals surface area contributed by atoms with Crippen molar-refractivity contribution in [3.05, 3.63) is 33.8 Å². The zero-order valence-corrected chi connectivity index (χ0v) is 12.6. The van der Waals surface area contributed by atoms with E-state index < -0.39 is 0 Å². The first-order valence-corrected chi connectivity index (χ1v) is 8.01. The van der Waals surface area contributed by atoms with Crippen LogP contribution in [-0.2, 0) is 4.74 Å². The topological polar surface area (TPSA) is 21.3 Å². The van der Waals surface area contributed by atoms with E-state index in [0.717, 1.165) is 35.2 Å². The van der Waals surface area contributed by atoms with Gasteiger partial charge in [0.15, 0.2) is 0 Å². The zero-order valence-electron chi connectivity index (χ0n) is 10.3. The van der Waals surface area contributed by atoms with E-state index in [2.05, 4.69) is 12.2 Å². The van der Waals surface area contributed by atoms with Crippen LogP contribution in [0.3, 0.4) is 0 Å². The second kappa shape index (κ2) is 7.01. The van der Waals surface area contributed by atoms with Crippen molar-refractivity contribution in [3.8, 4) is 0 Å². The molecule has 1 heterocycles. The first-order chi connectivity index (χ1) is 8.72. The summed E-state index contributed by atoms with van der Waals surface area (Å²) in [5, 5.41) is 4.90. The fourth-order valence-corrected chi connectivity index (χ4v) is 3.43. The van der Waals surface area contributed by atoms with Gasteiger partial charge >= 0.3 is 0 Å². The van der Waals surface area contributed by atoms with Crippen molar-refractivity contribution in [2.45, 2.75) is 19.1 Å². The molecule has 1 saturated heterocycles. The molecule has 5 heteroatoms. The summed E-state index contributed by atoms with van der Waals surface area (Å²) in [5.74, 6) is 2.05. The Kier molecular flexibility index (Phi) is 5.64. The van der Waals surface area contributed by atoms with Crippen LogP contribution < -0.4 is 5.32 Å². The molecule has 0 aromatic heterocycles. The molecule has 2 rings (SSSR count). The number of benzene rings is 1. The van der Waals surface area contributed by atoms with Crippen molar-refractivity contribution in [1.29, 1.82) is 0 Å². The Balaban J connectivity index is 2.24. The predicted molar refractivity (Wildman–Crippen MR) is 79.9 cm³/mol. The third-order valence-electron chi connectivity index (χ3n) is 2.93. The van der Waals surface area contributed by atoms with E-state index in [1.807, 2.05) is 30.0 Å². The van der Waals surface area contributed by atoms with Gasteiger partial charge in [-0.2, -0.15) is 11.8 Å². The number of hydrogen-bond acceptors (Lipinski definition) is 3. The second-order valence-corrected chi connectivity index (χ2v) is 6.18. The molecule has 1 aromatic rings. The Bertz CT molecular complexity index is 397. The minimum absolute atomic E-state index is 0.106. The molecule has 1 N–H and O–H groups in total. The summed E-state index contributed by atoms with van der Waals surface area (Å²) in [5.41, 5.74) is 1.03. The van der Waals surface area contributed by atoms with E-state index in [9.17, 15) is 0 Å². The molecule has 0 amide bonds. The van der Waals surface area contributed by atoms with E-state index in [1.165, 1.54) is 0 Å². The van der Waals surface area contributed by atoms with Gasteiger partial charge in [-0.15, -0.1) is 0 Å². The Hall–Kier alpha value is 0.0700. The molecule has 100 valence electrons. The second-order valence-electron chi connectivity index (χ2n) is 4.19. The van der Waals surface area contributed by atoms with Crippen molar-refractivity contribution in [2.75, 3.05) is 24.7 Å². The number of hydrogen-bond donors (Lipinski definition) is 1. The van der Waals surface area contributed by atoms with Crippen LogP contribution in [-0.4, -0.2) is 30.8 Å². The fraction of sp³-hybridized carbons (Fsp3) is 0.538. The first-order valence-electron chi connectivity index (χ1n) is 6.10. The van der Waals surface area contributed by atoms with Crippen LogP contribution in [0.4, 0.5) is 0 Å². The van der Waals surface area contributed by atoms with Gasteiger partial charge in [0.2, 0.25) is 0 Å². The number of rotatable bonds is 4. The van der Waals surface area contributed by atoms with Gasteiger partial charge < -0.3 is 10.1 Å². The molecule has 1 aromatic carbocycles. The van der Waals surface area contributed by atoms with Gasteiger partial charge in [0, 0.05) is 21.6 Å². The molecule has 0 radical (unpaired) electrons. The summed E-state index contributed by atoms with van der Waals surface area (Å²) < 4.78 is 5.86. The maximum Gasteiger partial charge on any atom is 0.0860 e. The molecule has 1 aliphatic heterocycles. The van der Waals surface area contributed by atoms with Gasteiger partial charge in [-0.3, -0.25) is 0 Å². The van der Waals surface area contributed by atoms with Crippen molar-refractivity contribution in [2.24, 2.45) is 0 Å². The quantitative estimate of drug-likeness (QED) is 0.915. The highest BCUT2D eigenvalue weighted by molar-refractivity contribution is 7.99. The average Bonchev–Trinajstić information content (AvgIpc) is 2.40. The van der Waals surface area contributed by atoms with Crippen LogP contribution in [0.1, 0.15) is 18.5 Å². The molecule has 0 saturated carbocycles. The summed E-state index contributed by atoms with van der Waals surface area (Å²) in [6.45, 7) is 3.76. The lowest BCUT2D eigenvalue weighted by Gasteiger charge is -2.31. The summed E-state index contributed by atoms with van der Waals surface area (Å²) in [7, 11) is 0. The lowest BCUT2D eigenvalue weighted by molar-refractivity contribution is 0.0472. The summed E-state index contributed by atoms with van der Waals surface area (Å²) in [6.07, 6.45) is 0.152. The fourth-order valence-electron chi connectivity index (χ4n) is 2.11. The standard InChI is InChI=1S/C13H17Cl2NOS/c1-2-16-13(12-8-18-6-5-17-12)10-7-9(14)3-4-11(10)15/h3-4,7,12-13,16H,2,5-6,8H2,1H3. The maximum absolute atomic E-state index is 6.28. The first kappa shape index (κ1) is 14.5. The Morgan fingerprint density at radius 2 is 2.33 bits per heavy atom. The Morgan fingerprint density at radius 3 is 3.00 bits per heavy atom. The minimum atomic E-state index is 0.106. The highest BCUT2D eigenvalue weighted by Gasteiger charge is 2.27. The van der Waals surface area contributed by atoms with Crippen LogP contribution in [0.5, 0.6) is 0 Å². The molecule has 2 unspecified atom stereocenters. The largest absolute Gasteiger partial charge is 0.375 e. The number of nitrogens with one attached hydrogen (secondary N) is 1. The van der Waals surface area contributed by atoms with Gasteiger partial charge in [-0.05, 0) is 30.3 Å². The van der Waals surface area contributed by atoms with Crippen LogP contribution in [0.25, 0.3) is 0 Å². The molecular formula is C13H17Cl2NOS. The molecule has 2 atom stereocenters.